The Hall–Kier alpha value is -6.76. The van der Waals surface area contributed by atoms with Crippen molar-refractivity contribution < 1.29 is 0 Å². The molecule has 2 aromatic heterocycles. The summed E-state index contributed by atoms with van der Waals surface area (Å²) in [4.78, 5) is 5.11. The number of hydrogen-bond donors (Lipinski definition) is 0. The molecule has 0 radical (unpaired) electrons. The Morgan fingerprint density at radius 1 is 0.538 bits per heavy atom. The van der Waals surface area contributed by atoms with Gasteiger partial charge in [-0.05, 0) is 99.1 Å². The lowest BCUT2D eigenvalue weighted by atomic mass is 9.80. The molecule has 244 valence electrons. The molecule has 0 atom stereocenters. The molecule has 0 aliphatic heterocycles. The minimum atomic E-state index is -0.153. The molecule has 1 aliphatic rings. The van der Waals surface area contributed by atoms with Crippen LogP contribution < -0.4 is 0 Å². The molecule has 0 amide bonds. The van der Waals surface area contributed by atoms with E-state index in [0.29, 0.717) is 5.56 Å². The molecule has 7 aromatic carbocycles. The molecular weight excluding hydrogens is 631 g/mol. The van der Waals surface area contributed by atoms with E-state index in [-0.39, 0.29) is 5.41 Å². The monoisotopic (exact) mass is 663 g/mol. The first-order chi connectivity index (χ1) is 25.5. The summed E-state index contributed by atoms with van der Waals surface area (Å²) in [6.45, 7) is 4.73. The van der Waals surface area contributed by atoms with Gasteiger partial charge in [0.25, 0.3) is 0 Å². The van der Waals surface area contributed by atoms with Crippen molar-refractivity contribution in [3.05, 3.63) is 180 Å². The van der Waals surface area contributed by atoms with Crippen molar-refractivity contribution >= 4 is 32.7 Å². The van der Waals surface area contributed by atoms with Crippen LogP contribution in [0.4, 0.5) is 0 Å². The summed E-state index contributed by atoms with van der Waals surface area (Å²) < 4.78 is 2.45. The van der Waals surface area contributed by atoms with Gasteiger partial charge in [0.05, 0.1) is 33.9 Å². The van der Waals surface area contributed by atoms with Gasteiger partial charge in [0, 0.05) is 32.8 Å². The minimum absolute atomic E-state index is 0.153. The quantitative estimate of drug-likeness (QED) is 0.188. The van der Waals surface area contributed by atoms with Crippen LogP contribution in [0, 0.1) is 11.3 Å². The summed E-state index contributed by atoms with van der Waals surface area (Å²) in [6, 6.07) is 60.5. The first-order valence-corrected chi connectivity index (χ1v) is 17.8. The third-order valence-electron chi connectivity index (χ3n) is 11.0. The van der Waals surface area contributed by atoms with E-state index in [1.807, 2.05) is 18.2 Å². The van der Waals surface area contributed by atoms with Crippen LogP contribution in [0.1, 0.15) is 30.5 Å². The highest BCUT2D eigenvalue weighted by Gasteiger charge is 2.38. The molecule has 0 fully saturated rings. The number of aromatic nitrogens is 2. The molecule has 0 N–H and O–H groups in total. The Morgan fingerprint density at radius 2 is 1.25 bits per heavy atom. The van der Waals surface area contributed by atoms with Crippen molar-refractivity contribution in [1.29, 1.82) is 5.26 Å². The molecule has 0 spiro atoms. The molecule has 0 bridgehead atoms. The SMILES string of the molecule is CC1(C)c2ccccc2-c2ccc3c(c21)c1ccccc1n3-c1cc(-c2ccc(C#N)cc2)cc(-c2cc(-c3ccccc3)nc3ccccc23)c1. The van der Waals surface area contributed by atoms with Crippen LogP contribution in [-0.2, 0) is 5.41 Å². The second-order valence-corrected chi connectivity index (χ2v) is 14.3. The Kier molecular flexibility index (Phi) is 6.59. The summed E-state index contributed by atoms with van der Waals surface area (Å²) in [5.74, 6) is 0. The smallest absolute Gasteiger partial charge is 0.0991 e. The van der Waals surface area contributed by atoms with Gasteiger partial charge in [-0.15, -0.1) is 0 Å². The number of para-hydroxylation sites is 2. The van der Waals surface area contributed by atoms with E-state index >= 15 is 0 Å². The first kappa shape index (κ1) is 30.1. The molecule has 2 heterocycles. The number of benzene rings is 7. The van der Waals surface area contributed by atoms with Crippen molar-refractivity contribution in [1.82, 2.24) is 9.55 Å². The second-order valence-electron chi connectivity index (χ2n) is 14.3. The van der Waals surface area contributed by atoms with Crippen molar-refractivity contribution in [3.8, 4) is 56.4 Å². The van der Waals surface area contributed by atoms with Gasteiger partial charge < -0.3 is 4.57 Å². The van der Waals surface area contributed by atoms with Gasteiger partial charge in [-0.25, -0.2) is 4.98 Å². The minimum Gasteiger partial charge on any atom is -0.309 e. The summed E-state index contributed by atoms with van der Waals surface area (Å²) in [6.07, 6.45) is 0. The van der Waals surface area contributed by atoms with Crippen molar-refractivity contribution in [2.75, 3.05) is 0 Å². The number of pyridine rings is 1. The van der Waals surface area contributed by atoms with Gasteiger partial charge >= 0.3 is 0 Å². The predicted molar refractivity (Wildman–Crippen MR) is 215 cm³/mol. The molecule has 3 heteroatoms. The van der Waals surface area contributed by atoms with Crippen LogP contribution in [0.5, 0.6) is 0 Å². The van der Waals surface area contributed by atoms with Crippen molar-refractivity contribution in [2.45, 2.75) is 19.3 Å². The maximum Gasteiger partial charge on any atom is 0.0991 e. The number of hydrogen-bond acceptors (Lipinski definition) is 2. The highest BCUT2D eigenvalue weighted by molar-refractivity contribution is 6.14. The average molecular weight is 664 g/mol. The molecule has 9 aromatic rings. The lowest BCUT2D eigenvalue weighted by Gasteiger charge is -2.22. The van der Waals surface area contributed by atoms with Crippen LogP contribution in [0.3, 0.4) is 0 Å². The van der Waals surface area contributed by atoms with Gasteiger partial charge in [0.15, 0.2) is 0 Å². The van der Waals surface area contributed by atoms with Crippen molar-refractivity contribution in [2.24, 2.45) is 0 Å². The van der Waals surface area contributed by atoms with Gasteiger partial charge in [0.1, 0.15) is 0 Å². The van der Waals surface area contributed by atoms with E-state index in [9.17, 15) is 5.26 Å². The average Bonchev–Trinajstić information content (AvgIpc) is 3.66. The molecule has 3 nitrogen and oxygen atoms in total. The van der Waals surface area contributed by atoms with E-state index in [0.717, 1.165) is 50.1 Å². The fourth-order valence-electron chi connectivity index (χ4n) is 8.58. The van der Waals surface area contributed by atoms with E-state index in [4.69, 9.17) is 4.98 Å². The molecule has 0 saturated carbocycles. The lowest BCUT2D eigenvalue weighted by Crippen LogP contribution is -2.15. The second kappa shape index (κ2) is 11.4. The largest absolute Gasteiger partial charge is 0.309 e. The van der Waals surface area contributed by atoms with E-state index < -0.39 is 0 Å². The highest BCUT2D eigenvalue weighted by Crippen LogP contribution is 2.53. The molecule has 0 unspecified atom stereocenters. The third kappa shape index (κ3) is 4.48. The maximum atomic E-state index is 9.58. The summed E-state index contributed by atoms with van der Waals surface area (Å²) in [5.41, 5.74) is 16.7. The normalized spacial score (nSPS) is 12.9. The zero-order valence-corrected chi connectivity index (χ0v) is 28.9. The topological polar surface area (TPSA) is 41.6 Å². The Balaban J connectivity index is 1.29. The summed E-state index contributed by atoms with van der Waals surface area (Å²) >= 11 is 0. The molecule has 10 rings (SSSR count). The van der Waals surface area contributed by atoms with E-state index in [2.05, 4.69) is 170 Å². The Bertz CT molecular complexity index is 2920. The van der Waals surface area contributed by atoms with Gasteiger partial charge in [-0.3, -0.25) is 0 Å². The molecular formula is C49H33N3. The lowest BCUT2D eigenvalue weighted by molar-refractivity contribution is 0.666. The van der Waals surface area contributed by atoms with Crippen LogP contribution >= 0.6 is 0 Å². The number of nitrogens with zero attached hydrogens (tertiary/aromatic N) is 3. The van der Waals surface area contributed by atoms with E-state index in [1.165, 1.54) is 44.1 Å². The zero-order chi connectivity index (χ0) is 35.0. The number of nitriles is 1. The first-order valence-electron chi connectivity index (χ1n) is 17.8. The van der Waals surface area contributed by atoms with Gasteiger partial charge in [0.2, 0.25) is 0 Å². The van der Waals surface area contributed by atoms with Gasteiger partial charge in [-0.2, -0.15) is 5.26 Å². The molecule has 52 heavy (non-hydrogen) atoms. The Labute approximate surface area is 302 Å². The summed E-state index contributed by atoms with van der Waals surface area (Å²) in [7, 11) is 0. The fourth-order valence-corrected chi connectivity index (χ4v) is 8.58. The molecule has 1 aliphatic carbocycles. The predicted octanol–water partition coefficient (Wildman–Crippen LogP) is 12.5. The zero-order valence-electron chi connectivity index (χ0n) is 28.9. The number of fused-ring (bicyclic) bond motifs is 8. The maximum absolute atomic E-state index is 9.58. The highest BCUT2D eigenvalue weighted by atomic mass is 15.0. The van der Waals surface area contributed by atoms with Crippen LogP contribution in [0.25, 0.3) is 83.0 Å². The van der Waals surface area contributed by atoms with Crippen LogP contribution in [-0.4, -0.2) is 9.55 Å². The van der Waals surface area contributed by atoms with Crippen LogP contribution in [0.15, 0.2) is 164 Å². The van der Waals surface area contributed by atoms with Crippen LogP contribution in [0.2, 0.25) is 0 Å². The fraction of sp³-hybridized carbons (Fsp3) is 0.0612. The van der Waals surface area contributed by atoms with Crippen molar-refractivity contribution in [3.63, 3.8) is 0 Å². The standard InChI is InChI=1S/C49H33N3/c1-49(2)42-17-9-6-14-37(42)39-24-25-46-47(48(39)49)40-16-8-11-19-45(40)52(46)36-27-34(32-22-20-31(30-50)21-23-32)26-35(28-36)41-29-44(33-12-4-3-5-13-33)51-43-18-10-7-15-38(41)43/h3-29H,1-2H3. The molecule has 0 saturated heterocycles. The van der Waals surface area contributed by atoms with Gasteiger partial charge in [-0.1, -0.05) is 123 Å². The third-order valence-corrected chi connectivity index (χ3v) is 11.0. The van der Waals surface area contributed by atoms with E-state index in [1.54, 1.807) is 0 Å². The summed E-state index contributed by atoms with van der Waals surface area (Å²) in [5, 5.41) is 13.2. The number of rotatable bonds is 4. The Morgan fingerprint density at radius 3 is 2.08 bits per heavy atom.